The van der Waals surface area contributed by atoms with Gasteiger partial charge in [0.1, 0.15) is 5.82 Å². The number of Topliss-reactive ketones (excluding diaryl/α,β-unsaturated/α-hetero) is 1. The lowest BCUT2D eigenvalue weighted by atomic mass is 9.89. The fourth-order valence-electron chi connectivity index (χ4n) is 3.49. The number of nitrogens with zero attached hydrogens (tertiary/aromatic N) is 1. The highest BCUT2D eigenvalue weighted by Crippen LogP contribution is 2.27. The van der Waals surface area contributed by atoms with Crippen molar-refractivity contribution in [2.45, 2.75) is 19.3 Å². The lowest BCUT2D eigenvalue weighted by molar-refractivity contribution is -0.132. The summed E-state index contributed by atoms with van der Waals surface area (Å²) in [6.45, 7) is 1.07. The van der Waals surface area contributed by atoms with Gasteiger partial charge in [-0.25, -0.2) is 4.39 Å². The van der Waals surface area contributed by atoms with Crippen LogP contribution in [0.2, 0.25) is 15.1 Å². The molecule has 0 aliphatic carbocycles. The van der Waals surface area contributed by atoms with Crippen LogP contribution in [0.1, 0.15) is 40.0 Å². The lowest BCUT2D eigenvalue weighted by Crippen LogP contribution is -2.41. The van der Waals surface area contributed by atoms with Crippen LogP contribution in [0, 0.1) is 11.7 Å². The predicted molar refractivity (Wildman–Crippen MR) is 118 cm³/mol. The number of halogens is 4. The minimum absolute atomic E-state index is 0.00546. The second-order valence-electron chi connectivity index (χ2n) is 7.28. The Hall–Kier alpha value is -2.15. The van der Waals surface area contributed by atoms with E-state index >= 15 is 0 Å². The molecule has 0 atom stereocenters. The van der Waals surface area contributed by atoms with E-state index in [4.69, 9.17) is 34.8 Å². The van der Waals surface area contributed by atoms with Crippen LogP contribution in [0.3, 0.4) is 0 Å². The number of benzene rings is 2. The number of carbonyl (C=O) groups excluding carboxylic acids is 3. The summed E-state index contributed by atoms with van der Waals surface area (Å²) in [5, 5.41) is 3.36. The number of piperidine rings is 1. The summed E-state index contributed by atoms with van der Waals surface area (Å²) in [6, 6.07) is 8.33. The largest absolute Gasteiger partial charge is 0.351 e. The fraction of sp³-hybridized carbons (Fsp3) is 0.318. The van der Waals surface area contributed by atoms with Gasteiger partial charge in [0.25, 0.3) is 5.91 Å². The molecular weight excluding hydrogens is 466 g/mol. The van der Waals surface area contributed by atoms with Crippen LogP contribution >= 0.6 is 34.8 Å². The van der Waals surface area contributed by atoms with Crippen LogP contribution in [0.15, 0.2) is 36.4 Å². The maximum Gasteiger partial charge on any atom is 0.252 e. The first-order valence-electron chi connectivity index (χ1n) is 9.76. The van der Waals surface area contributed by atoms with E-state index in [1.165, 1.54) is 6.07 Å². The van der Waals surface area contributed by atoms with Crippen molar-refractivity contribution in [1.29, 1.82) is 0 Å². The van der Waals surface area contributed by atoms with Gasteiger partial charge in [0, 0.05) is 37.5 Å². The number of rotatable bonds is 6. The van der Waals surface area contributed by atoms with Crippen molar-refractivity contribution in [2.75, 3.05) is 19.6 Å². The zero-order chi connectivity index (χ0) is 22.5. The van der Waals surface area contributed by atoms with Gasteiger partial charge in [-0.3, -0.25) is 14.4 Å². The molecule has 9 heteroatoms. The minimum atomic E-state index is -0.530. The number of likely N-dealkylation sites (tertiary alicyclic amines) is 1. The molecule has 1 N–H and O–H groups in total. The number of amides is 2. The van der Waals surface area contributed by atoms with Gasteiger partial charge in [-0.05, 0) is 49.2 Å². The third kappa shape index (κ3) is 5.97. The van der Waals surface area contributed by atoms with Crippen LogP contribution in [0.5, 0.6) is 0 Å². The highest BCUT2D eigenvalue weighted by molar-refractivity contribution is 6.42. The Morgan fingerprint density at radius 1 is 0.968 bits per heavy atom. The number of hydrogen-bond donors (Lipinski definition) is 1. The van der Waals surface area contributed by atoms with E-state index in [2.05, 4.69) is 5.32 Å². The van der Waals surface area contributed by atoms with Crippen molar-refractivity contribution in [3.63, 3.8) is 0 Å². The van der Waals surface area contributed by atoms with Crippen molar-refractivity contribution in [3.8, 4) is 0 Å². The monoisotopic (exact) mass is 484 g/mol. The molecule has 3 rings (SSSR count). The van der Waals surface area contributed by atoms with Crippen molar-refractivity contribution >= 4 is 52.4 Å². The number of hydrogen-bond acceptors (Lipinski definition) is 3. The molecule has 2 aromatic carbocycles. The van der Waals surface area contributed by atoms with Crippen LogP contribution in [0.4, 0.5) is 4.39 Å². The van der Waals surface area contributed by atoms with Crippen LogP contribution in [0.25, 0.3) is 0 Å². The number of carbonyl (C=O) groups is 3. The third-order valence-electron chi connectivity index (χ3n) is 5.22. The number of ketones is 1. The van der Waals surface area contributed by atoms with Gasteiger partial charge in [0.15, 0.2) is 5.78 Å². The average Bonchev–Trinajstić information content (AvgIpc) is 2.75. The Kier molecular flexibility index (Phi) is 7.92. The molecule has 1 heterocycles. The first-order valence-corrected chi connectivity index (χ1v) is 10.9. The van der Waals surface area contributed by atoms with Gasteiger partial charge < -0.3 is 10.2 Å². The van der Waals surface area contributed by atoms with Gasteiger partial charge in [0.05, 0.1) is 20.6 Å². The standard InChI is InChI=1S/C22H20Cl3FN2O3/c23-17-4-1-14(11-19(17)25)21(30)13-6-9-28(10-7-13)20(29)5-8-27-22(31)16-3-2-15(26)12-18(16)24/h1-4,11-13H,5-10H2,(H,27,31). The van der Waals surface area contributed by atoms with E-state index < -0.39 is 11.7 Å². The zero-order valence-electron chi connectivity index (χ0n) is 16.5. The summed E-state index contributed by atoms with van der Waals surface area (Å²) < 4.78 is 13.1. The fourth-order valence-corrected chi connectivity index (χ4v) is 4.04. The lowest BCUT2D eigenvalue weighted by Gasteiger charge is -2.31. The van der Waals surface area contributed by atoms with Crippen LogP contribution in [-0.2, 0) is 4.79 Å². The molecule has 0 aromatic heterocycles. The van der Waals surface area contributed by atoms with Gasteiger partial charge in [0.2, 0.25) is 5.91 Å². The zero-order valence-corrected chi connectivity index (χ0v) is 18.7. The predicted octanol–water partition coefficient (Wildman–Crippen LogP) is 5.03. The average molecular weight is 486 g/mol. The Morgan fingerprint density at radius 2 is 1.68 bits per heavy atom. The van der Waals surface area contributed by atoms with E-state index in [0.717, 1.165) is 12.1 Å². The van der Waals surface area contributed by atoms with Crippen LogP contribution < -0.4 is 5.32 Å². The van der Waals surface area contributed by atoms with Gasteiger partial charge in [-0.15, -0.1) is 0 Å². The van der Waals surface area contributed by atoms with E-state index in [1.807, 2.05) is 0 Å². The topological polar surface area (TPSA) is 66.5 Å². The third-order valence-corrected chi connectivity index (χ3v) is 6.27. The quantitative estimate of drug-likeness (QED) is 0.584. The molecule has 1 aliphatic heterocycles. The number of nitrogens with one attached hydrogen (secondary N) is 1. The second kappa shape index (κ2) is 10.4. The van der Waals surface area contributed by atoms with Gasteiger partial charge in [-0.2, -0.15) is 0 Å². The van der Waals surface area contributed by atoms with Crippen molar-refractivity contribution < 1.29 is 18.8 Å². The molecule has 5 nitrogen and oxygen atoms in total. The molecule has 0 unspecified atom stereocenters. The van der Waals surface area contributed by atoms with E-state index in [0.29, 0.717) is 41.5 Å². The highest BCUT2D eigenvalue weighted by atomic mass is 35.5. The Morgan fingerprint density at radius 3 is 2.32 bits per heavy atom. The summed E-state index contributed by atoms with van der Waals surface area (Å²) in [5.41, 5.74) is 0.665. The van der Waals surface area contributed by atoms with Gasteiger partial charge in [-0.1, -0.05) is 34.8 Å². The van der Waals surface area contributed by atoms with E-state index in [-0.39, 0.29) is 41.2 Å². The first kappa shape index (κ1) is 23.5. The smallest absolute Gasteiger partial charge is 0.252 e. The highest BCUT2D eigenvalue weighted by Gasteiger charge is 2.28. The maximum atomic E-state index is 13.1. The molecule has 1 fully saturated rings. The van der Waals surface area contributed by atoms with Crippen molar-refractivity contribution in [3.05, 3.63) is 68.4 Å². The molecule has 0 radical (unpaired) electrons. The van der Waals surface area contributed by atoms with E-state index in [1.54, 1.807) is 23.1 Å². The Balaban J connectivity index is 1.45. The Bertz CT molecular complexity index is 1010. The van der Waals surface area contributed by atoms with E-state index in [9.17, 15) is 18.8 Å². The maximum absolute atomic E-state index is 13.1. The minimum Gasteiger partial charge on any atom is -0.351 e. The second-order valence-corrected chi connectivity index (χ2v) is 8.50. The molecule has 164 valence electrons. The molecular formula is C22H20Cl3FN2O3. The van der Waals surface area contributed by atoms with Crippen molar-refractivity contribution in [1.82, 2.24) is 10.2 Å². The molecule has 0 saturated carbocycles. The summed E-state index contributed by atoms with van der Waals surface area (Å²) in [7, 11) is 0. The molecule has 2 amide bonds. The Labute approximate surface area is 194 Å². The first-order chi connectivity index (χ1) is 14.8. The molecule has 1 aliphatic rings. The van der Waals surface area contributed by atoms with Gasteiger partial charge >= 0.3 is 0 Å². The molecule has 2 aromatic rings. The summed E-state index contributed by atoms with van der Waals surface area (Å²) in [4.78, 5) is 38.9. The van der Waals surface area contributed by atoms with Crippen molar-refractivity contribution in [2.24, 2.45) is 5.92 Å². The van der Waals surface area contributed by atoms with Crippen LogP contribution in [-0.4, -0.2) is 42.1 Å². The molecule has 0 bridgehead atoms. The molecule has 1 saturated heterocycles. The summed E-state index contributed by atoms with van der Waals surface area (Å²) in [6.07, 6.45) is 1.24. The molecule has 0 spiro atoms. The summed E-state index contributed by atoms with van der Waals surface area (Å²) >= 11 is 17.8. The summed E-state index contributed by atoms with van der Waals surface area (Å²) in [5.74, 6) is -1.29. The SMILES string of the molecule is O=C(NCCC(=O)N1CCC(C(=O)c2ccc(Cl)c(Cl)c2)CC1)c1ccc(F)cc1Cl. The normalized spacial score (nSPS) is 14.4. The molecule has 31 heavy (non-hydrogen) atoms.